The van der Waals surface area contributed by atoms with E-state index in [4.69, 9.17) is 0 Å². The fraction of sp³-hybridized carbons (Fsp3) is 0.217. The fourth-order valence-electron chi connectivity index (χ4n) is 3.20. The lowest BCUT2D eigenvalue weighted by atomic mass is 10.1. The Balaban J connectivity index is 1.78. The molecule has 0 aromatic heterocycles. The van der Waals surface area contributed by atoms with Crippen LogP contribution in [0.5, 0.6) is 0 Å². The molecule has 0 spiro atoms. The molecular formula is C23H25N3O4S. The van der Waals surface area contributed by atoms with E-state index in [2.05, 4.69) is 10.6 Å². The van der Waals surface area contributed by atoms with Crippen molar-refractivity contribution >= 4 is 38.5 Å². The average molecular weight is 440 g/mol. The molecule has 3 aromatic carbocycles. The van der Waals surface area contributed by atoms with Crippen molar-refractivity contribution in [3.05, 3.63) is 72.8 Å². The number of nitrogens with one attached hydrogen (secondary N) is 2. The Hall–Kier alpha value is -3.39. The van der Waals surface area contributed by atoms with Crippen LogP contribution in [-0.4, -0.2) is 31.3 Å². The summed E-state index contributed by atoms with van der Waals surface area (Å²) >= 11 is 0. The molecule has 31 heavy (non-hydrogen) atoms. The Labute approximate surface area is 182 Å². The van der Waals surface area contributed by atoms with Crippen LogP contribution in [0.15, 0.2) is 77.7 Å². The molecule has 162 valence electrons. The van der Waals surface area contributed by atoms with Gasteiger partial charge in [0.25, 0.3) is 10.0 Å². The van der Waals surface area contributed by atoms with Gasteiger partial charge in [-0.15, -0.1) is 0 Å². The summed E-state index contributed by atoms with van der Waals surface area (Å²) < 4.78 is 26.8. The van der Waals surface area contributed by atoms with Crippen LogP contribution in [0.1, 0.15) is 26.2 Å². The molecule has 7 nitrogen and oxygen atoms in total. The Morgan fingerprint density at radius 3 is 2.29 bits per heavy atom. The highest BCUT2D eigenvalue weighted by Crippen LogP contribution is 2.23. The molecule has 0 saturated carbocycles. The molecule has 4 amide bonds. The molecule has 0 unspecified atom stereocenters. The number of unbranched alkanes of at least 4 members (excludes halogenated alkanes) is 2. The number of sulfonamides is 1. The normalized spacial score (nSPS) is 11.1. The molecule has 0 bridgehead atoms. The van der Waals surface area contributed by atoms with Crippen LogP contribution < -0.4 is 10.6 Å². The highest BCUT2D eigenvalue weighted by atomic mass is 32.2. The maximum absolute atomic E-state index is 13.0. The standard InChI is InChI=1S/C23H25N3O4S/c1-2-3-9-17-26(31(29,30)19-13-5-4-6-14-19)23(28)25-22(27)24-21-16-10-12-18-11-7-8-15-20(18)21/h4-8,10-16H,2-3,9,17H2,1H3,(H2,24,25,27,28). The van der Waals surface area contributed by atoms with Crippen molar-refractivity contribution in [1.82, 2.24) is 9.62 Å². The zero-order chi connectivity index (χ0) is 22.3. The molecule has 0 radical (unpaired) electrons. The maximum Gasteiger partial charge on any atom is 0.339 e. The first kappa shape index (κ1) is 22.3. The van der Waals surface area contributed by atoms with Crippen molar-refractivity contribution in [3.63, 3.8) is 0 Å². The van der Waals surface area contributed by atoms with E-state index in [-0.39, 0.29) is 11.4 Å². The monoisotopic (exact) mass is 439 g/mol. The van der Waals surface area contributed by atoms with Gasteiger partial charge in [0.1, 0.15) is 0 Å². The van der Waals surface area contributed by atoms with Gasteiger partial charge in [-0.05, 0) is 30.0 Å². The van der Waals surface area contributed by atoms with Gasteiger partial charge in [0.2, 0.25) is 0 Å². The number of urea groups is 2. The third-order valence-electron chi connectivity index (χ3n) is 4.78. The van der Waals surface area contributed by atoms with Gasteiger partial charge < -0.3 is 5.32 Å². The van der Waals surface area contributed by atoms with Gasteiger partial charge in [-0.2, -0.15) is 0 Å². The molecule has 0 aliphatic carbocycles. The molecule has 2 N–H and O–H groups in total. The van der Waals surface area contributed by atoms with E-state index in [1.54, 1.807) is 30.3 Å². The molecule has 0 fully saturated rings. The Morgan fingerprint density at radius 1 is 0.871 bits per heavy atom. The summed E-state index contributed by atoms with van der Waals surface area (Å²) in [6, 6.07) is 18.8. The lowest BCUT2D eigenvalue weighted by Gasteiger charge is -2.22. The Bertz CT molecular complexity index is 1160. The number of fused-ring (bicyclic) bond motifs is 1. The summed E-state index contributed by atoms with van der Waals surface area (Å²) in [5, 5.41) is 6.53. The van der Waals surface area contributed by atoms with Crippen LogP contribution in [0, 0.1) is 0 Å². The Kier molecular flexibility index (Phi) is 7.25. The summed E-state index contributed by atoms with van der Waals surface area (Å²) in [4.78, 5) is 25.3. The van der Waals surface area contributed by atoms with Crippen molar-refractivity contribution in [3.8, 4) is 0 Å². The van der Waals surface area contributed by atoms with E-state index in [9.17, 15) is 18.0 Å². The molecular weight excluding hydrogens is 414 g/mol. The molecule has 0 heterocycles. The van der Waals surface area contributed by atoms with E-state index >= 15 is 0 Å². The van der Waals surface area contributed by atoms with Crippen molar-refractivity contribution in [2.24, 2.45) is 0 Å². The third kappa shape index (κ3) is 5.40. The number of imide groups is 1. The quantitative estimate of drug-likeness (QED) is 0.509. The maximum atomic E-state index is 13.0. The first-order valence-corrected chi connectivity index (χ1v) is 11.5. The molecule has 3 rings (SSSR count). The lowest BCUT2D eigenvalue weighted by molar-refractivity contribution is 0.218. The molecule has 0 aliphatic rings. The molecule has 0 atom stereocenters. The van der Waals surface area contributed by atoms with E-state index in [0.29, 0.717) is 12.1 Å². The lowest BCUT2D eigenvalue weighted by Crippen LogP contribution is -2.47. The number of nitrogens with zero attached hydrogens (tertiary/aromatic N) is 1. The molecule has 0 aliphatic heterocycles. The third-order valence-corrected chi connectivity index (χ3v) is 6.58. The summed E-state index contributed by atoms with van der Waals surface area (Å²) in [6.07, 6.45) is 2.12. The van der Waals surface area contributed by atoms with Gasteiger partial charge in [0.05, 0.1) is 10.6 Å². The second kappa shape index (κ2) is 10.1. The van der Waals surface area contributed by atoms with Gasteiger partial charge in [-0.25, -0.2) is 22.3 Å². The van der Waals surface area contributed by atoms with Crippen molar-refractivity contribution in [1.29, 1.82) is 0 Å². The SMILES string of the molecule is CCCCCN(C(=O)NC(=O)Nc1cccc2ccccc12)S(=O)(=O)c1ccccc1. The number of carbonyl (C=O) groups is 2. The molecule has 0 saturated heterocycles. The van der Waals surface area contributed by atoms with E-state index < -0.39 is 22.1 Å². The van der Waals surface area contributed by atoms with E-state index in [0.717, 1.165) is 27.9 Å². The highest BCUT2D eigenvalue weighted by molar-refractivity contribution is 7.89. The number of anilines is 1. The van der Waals surface area contributed by atoms with E-state index in [1.165, 1.54) is 12.1 Å². The summed E-state index contributed by atoms with van der Waals surface area (Å²) in [5.41, 5.74) is 0.520. The zero-order valence-corrected chi connectivity index (χ0v) is 18.1. The predicted octanol–water partition coefficient (Wildman–Crippen LogP) is 4.96. The minimum absolute atomic E-state index is 0.00360. The summed E-state index contributed by atoms with van der Waals surface area (Å²) in [7, 11) is -4.09. The first-order chi connectivity index (χ1) is 14.9. The summed E-state index contributed by atoms with van der Waals surface area (Å²) in [5.74, 6) is 0. The van der Waals surface area contributed by atoms with Crippen LogP contribution >= 0.6 is 0 Å². The van der Waals surface area contributed by atoms with Crippen LogP contribution in [0.2, 0.25) is 0 Å². The highest BCUT2D eigenvalue weighted by Gasteiger charge is 2.30. The second-order valence-corrected chi connectivity index (χ2v) is 8.87. The van der Waals surface area contributed by atoms with Gasteiger partial charge in [0.15, 0.2) is 0 Å². The Morgan fingerprint density at radius 2 is 1.55 bits per heavy atom. The number of rotatable bonds is 7. The predicted molar refractivity (Wildman–Crippen MR) is 121 cm³/mol. The second-order valence-electron chi connectivity index (χ2n) is 7.01. The number of benzene rings is 3. The average Bonchev–Trinajstić information content (AvgIpc) is 2.77. The van der Waals surface area contributed by atoms with Crippen LogP contribution in [0.4, 0.5) is 15.3 Å². The smallest absolute Gasteiger partial charge is 0.307 e. The van der Waals surface area contributed by atoms with E-state index in [1.807, 2.05) is 37.3 Å². The van der Waals surface area contributed by atoms with Crippen LogP contribution in [0.25, 0.3) is 10.8 Å². The van der Waals surface area contributed by atoms with Gasteiger partial charge >= 0.3 is 12.1 Å². The molecule has 8 heteroatoms. The fourth-order valence-corrected chi connectivity index (χ4v) is 4.59. The minimum atomic E-state index is -4.09. The van der Waals surface area contributed by atoms with Gasteiger partial charge in [0, 0.05) is 11.9 Å². The van der Waals surface area contributed by atoms with Crippen LogP contribution in [-0.2, 0) is 10.0 Å². The number of hydrogen-bond acceptors (Lipinski definition) is 4. The van der Waals surface area contributed by atoms with Crippen molar-refractivity contribution in [2.45, 2.75) is 31.1 Å². The van der Waals surface area contributed by atoms with Crippen molar-refractivity contribution in [2.75, 3.05) is 11.9 Å². The van der Waals surface area contributed by atoms with Gasteiger partial charge in [-0.1, -0.05) is 74.4 Å². The first-order valence-electron chi connectivity index (χ1n) is 10.1. The number of carbonyl (C=O) groups excluding carboxylic acids is 2. The number of hydrogen-bond donors (Lipinski definition) is 2. The zero-order valence-electron chi connectivity index (χ0n) is 17.2. The number of amides is 4. The van der Waals surface area contributed by atoms with Crippen LogP contribution in [0.3, 0.4) is 0 Å². The summed E-state index contributed by atoms with van der Waals surface area (Å²) in [6.45, 7) is 1.96. The minimum Gasteiger partial charge on any atom is -0.307 e. The largest absolute Gasteiger partial charge is 0.339 e. The van der Waals surface area contributed by atoms with Crippen molar-refractivity contribution < 1.29 is 18.0 Å². The topological polar surface area (TPSA) is 95.6 Å². The molecule has 3 aromatic rings. The van der Waals surface area contributed by atoms with Gasteiger partial charge in [-0.3, -0.25) is 5.32 Å².